The van der Waals surface area contributed by atoms with Crippen LogP contribution < -0.4 is 0 Å². The average molecular weight is 216 g/mol. The highest BCUT2D eigenvalue weighted by Gasteiger charge is 2.51. The molecule has 4 aliphatic rings. The average Bonchev–Trinajstić information content (AvgIpc) is 2.82. The van der Waals surface area contributed by atoms with Crippen LogP contribution in [0.2, 0.25) is 0 Å². The normalized spacial score (nSPS) is 58.4. The molecular formula is C16H24. The van der Waals surface area contributed by atoms with E-state index < -0.39 is 0 Å². The maximum atomic E-state index is 2.74. The first-order chi connectivity index (χ1) is 7.74. The Bertz CT molecular complexity index is 340. The maximum Gasteiger partial charge on any atom is -0.0169 e. The Morgan fingerprint density at radius 1 is 1.00 bits per heavy atom. The minimum atomic E-state index is 0.922. The van der Waals surface area contributed by atoms with Crippen LogP contribution in [0.4, 0.5) is 0 Å². The van der Waals surface area contributed by atoms with Gasteiger partial charge < -0.3 is 0 Å². The summed E-state index contributed by atoms with van der Waals surface area (Å²) < 4.78 is 0. The lowest BCUT2D eigenvalue weighted by molar-refractivity contribution is 0.343. The van der Waals surface area contributed by atoms with E-state index in [0.29, 0.717) is 0 Å². The van der Waals surface area contributed by atoms with E-state index in [-0.39, 0.29) is 0 Å². The molecule has 0 N–H and O–H groups in total. The molecule has 3 fully saturated rings. The number of fused-ring (bicyclic) bond motifs is 3. The maximum absolute atomic E-state index is 2.74. The molecule has 4 aliphatic carbocycles. The van der Waals surface area contributed by atoms with E-state index in [4.69, 9.17) is 0 Å². The van der Waals surface area contributed by atoms with E-state index in [9.17, 15) is 0 Å². The van der Waals surface area contributed by atoms with Gasteiger partial charge in [0, 0.05) is 0 Å². The largest absolute Gasteiger partial charge is 0.0814 e. The van der Waals surface area contributed by atoms with Gasteiger partial charge in [-0.3, -0.25) is 0 Å². The van der Waals surface area contributed by atoms with Crippen LogP contribution in [0.25, 0.3) is 0 Å². The Morgan fingerprint density at radius 2 is 1.88 bits per heavy atom. The lowest BCUT2D eigenvalue weighted by Gasteiger charge is -2.31. The molecule has 4 rings (SSSR count). The summed E-state index contributed by atoms with van der Waals surface area (Å²) in [5, 5.41) is 0. The minimum Gasteiger partial charge on any atom is -0.0814 e. The van der Waals surface area contributed by atoms with Gasteiger partial charge in [-0.1, -0.05) is 25.5 Å². The zero-order chi connectivity index (χ0) is 10.9. The topological polar surface area (TPSA) is 0 Å². The third kappa shape index (κ3) is 1.22. The van der Waals surface area contributed by atoms with Crippen molar-refractivity contribution in [2.45, 2.75) is 46.0 Å². The molecule has 0 aromatic heterocycles. The summed E-state index contributed by atoms with van der Waals surface area (Å²) in [6, 6.07) is 0. The van der Waals surface area contributed by atoms with Gasteiger partial charge in [-0.2, -0.15) is 0 Å². The minimum absolute atomic E-state index is 0.922. The summed E-state index contributed by atoms with van der Waals surface area (Å²) in [7, 11) is 0. The van der Waals surface area contributed by atoms with Crippen LogP contribution in [0.15, 0.2) is 11.6 Å². The second-order valence-electron chi connectivity index (χ2n) is 7.17. The van der Waals surface area contributed by atoms with Gasteiger partial charge in [0.05, 0.1) is 0 Å². The van der Waals surface area contributed by atoms with Crippen LogP contribution in [-0.4, -0.2) is 0 Å². The molecule has 0 aliphatic heterocycles. The van der Waals surface area contributed by atoms with Crippen LogP contribution in [0.3, 0.4) is 0 Å². The van der Waals surface area contributed by atoms with Crippen molar-refractivity contribution in [2.24, 2.45) is 41.4 Å². The Morgan fingerprint density at radius 3 is 2.56 bits per heavy atom. The molecule has 0 aromatic carbocycles. The van der Waals surface area contributed by atoms with Crippen molar-refractivity contribution in [1.29, 1.82) is 0 Å². The van der Waals surface area contributed by atoms with Gasteiger partial charge in [0.1, 0.15) is 0 Å². The molecular weight excluding hydrogens is 192 g/mol. The van der Waals surface area contributed by atoms with E-state index in [0.717, 1.165) is 41.4 Å². The van der Waals surface area contributed by atoms with Crippen molar-refractivity contribution in [3.63, 3.8) is 0 Å². The van der Waals surface area contributed by atoms with Crippen molar-refractivity contribution in [3.8, 4) is 0 Å². The molecule has 2 bridgehead atoms. The molecule has 0 heterocycles. The molecule has 0 saturated heterocycles. The Balaban J connectivity index is 1.65. The number of rotatable bonds is 1. The highest BCUT2D eigenvalue weighted by Crippen LogP contribution is 2.61. The first-order valence-corrected chi connectivity index (χ1v) is 7.45. The van der Waals surface area contributed by atoms with Crippen LogP contribution in [0.5, 0.6) is 0 Å². The van der Waals surface area contributed by atoms with Crippen molar-refractivity contribution in [2.75, 3.05) is 0 Å². The Hall–Kier alpha value is -0.260. The lowest BCUT2D eigenvalue weighted by atomic mass is 9.74. The lowest BCUT2D eigenvalue weighted by Crippen LogP contribution is -2.21. The summed E-state index contributed by atoms with van der Waals surface area (Å²) in [4.78, 5) is 0. The zero-order valence-corrected chi connectivity index (χ0v) is 10.7. The zero-order valence-electron chi connectivity index (χ0n) is 10.7. The standard InChI is InChI=1S/C16H24/c1-9-5-13-6-12(9)8-15(10(13)2)14-4-3-11-7-16(11)14/h8-14,16H,3-7H2,1-2H3. The third-order valence-corrected chi connectivity index (χ3v) is 6.39. The van der Waals surface area contributed by atoms with E-state index in [1.807, 2.05) is 5.57 Å². The van der Waals surface area contributed by atoms with E-state index in [1.54, 1.807) is 12.8 Å². The van der Waals surface area contributed by atoms with Gasteiger partial charge in [0.2, 0.25) is 0 Å². The van der Waals surface area contributed by atoms with Gasteiger partial charge >= 0.3 is 0 Å². The highest BCUT2D eigenvalue weighted by molar-refractivity contribution is 5.24. The number of hydrogen-bond acceptors (Lipinski definition) is 0. The van der Waals surface area contributed by atoms with Gasteiger partial charge in [0.15, 0.2) is 0 Å². The molecule has 0 amide bonds. The molecule has 16 heavy (non-hydrogen) atoms. The van der Waals surface area contributed by atoms with Gasteiger partial charge in [0.25, 0.3) is 0 Å². The molecule has 3 saturated carbocycles. The van der Waals surface area contributed by atoms with E-state index in [1.165, 1.54) is 19.3 Å². The quantitative estimate of drug-likeness (QED) is 0.574. The summed E-state index contributed by atoms with van der Waals surface area (Å²) in [5.74, 6) is 7.19. The molecule has 0 heteroatoms. The molecule has 0 spiro atoms. The summed E-state index contributed by atoms with van der Waals surface area (Å²) in [6.45, 7) is 5.01. The smallest absolute Gasteiger partial charge is 0.0169 e. The number of hydrogen-bond donors (Lipinski definition) is 0. The Kier molecular flexibility index (Phi) is 1.91. The molecule has 0 nitrogen and oxygen atoms in total. The molecule has 7 atom stereocenters. The fourth-order valence-corrected chi connectivity index (χ4v) is 5.22. The fraction of sp³-hybridized carbons (Fsp3) is 0.875. The second-order valence-corrected chi connectivity index (χ2v) is 7.17. The second kappa shape index (κ2) is 3.15. The van der Waals surface area contributed by atoms with Crippen LogP contribution in [0.1, 0.15) is 46.0 Å². The predicted molar refractivity (Wildman–Crippen MR) is 66.9 cm³/mol. The van der Waals surface area contributed by atoms with Gasteiger partial charge in [-0.25, -0.2) is 0 Å². The highest BCUT2D eigenvalue weighted by atomic mass is 14.6. The monoisotopic (exact) mass is 216 g/mol. The van der Waals surface area contributed by atoms with Crippen molar-refractivity contribution in [1.82, 2.24) is 0 Å². The summed E-state index contributed by atoms with van der Waals surface area (Å²) in [6.07, 6.45) is 10.4. The van der Waals surface area contributed by atoms with Crippen LogP contribution in [0, 0.1) is 41.4 Å². The summed E-state index contributed by atoms with van der Waals surface area (Å²) >= 11 is 0. The Labute approximate surface area is 99.5 Å². The number of allylic oxidation sites excluding steroid dienone is 2. The fourth-order valence-electron chi connectivity index (χ4n) is 5.22. The molecule has 0 aromatic rings. The third-order valence-electron chi connectivity index (χ3n) is 6.39. The SMILES string of the molecule is CC1CC2CC1C=C(C1CCC3CC31)C2C. The molecule has 0 radical (unpaired) electrons. The molecule has 7 unspecified atom stereocenters. The van der Waals surface area contributed by atoms with Crippen LogP contribution in [-0.2, 0) is 0 Å². The first kappa shape index (κ1) is 9.74. The van der Waals surface area contributed by atoms with Crippen LogP contribution >= 0.6 is 0 Å². The van der Waals surface area contributed by atoms with Gasteiger partial charge in [-0.05, 0) is 73.5 Å². The van der Waals surface area contributed by atoms with Crippen molar-refractivity contribution < 1.29 is 0 Å². The predicted octanol–water partition coefficient (Wildman–Crippen LogP) is 4.27. The van der Waals surface area contributed by atoms with Gasteiger partial charge in [-0.15, -0.1) is 0 Å². The van der Waals surface area contributed by atoms with E-state index in [2.05, 4.69) is 19.9 Å². The van der Waals surface area contributed by atoms with Crippen molar-refractivity contribution in [3.05, 3.63) is 11.6 Å². The first-order valence-electron chi connectivity index (χ1n) is 7.45. The van der Waals surface area contributed by atoms with E-state index >= 15 is 0 Å². The molecule has 88 valence electrons. The summed E-state index contributed by atoms with van der Waals surface area (Å²) in [5.41, 5.74) is 1.91. The van der Waals surface area contributed by atoms with Crippen molar-refractivity contribution >= 4 is 0 Å².